The number of anilines is 1. The number of sulfonamides is 1. The number of rotatable bonds is 11. The van der Waals surface area contributed by atoms with Gasteiger partial charge in [-0.05, 0) is 95.9 Å². The number of halogens is 2. The van der Waals surface area contributed by atoms with E-state index in [9.17, 15) is 13.2 Å². The minimum absolute atomic E-state index is 0.0605. The number of ether oxygens (including phenoxy) is 2. The van der Waals surface area contributed by atoms with E-state index >= 15 is 0 Å². The van der Waals surface area contributed by atoms with Crippen LogP contribution in [0.15, 0.2) is 93.3 Å². The topological polar surface area (TPSA) is 97.3 Å². The van der Waals surface area contributed by atoms with Gasteiger partial charge >= 0.3 is 0 Å². The maximum absolute atomic E-state index is 13.7. The van der Waals surface area contributed by atoms with Crippen molar-refractivity contribution >= 4 is 55.4 Å². The van der Waals surface area contributed by atoms with Gasteiger partial charge in [-0.25, -0.2) is 13.8 Å². The highest BCUT2D eigenvalue weighted by Gasteiger charge is 2.28. The summed E-state index contributed by atoms with van der Waals surface area (Å²) >= 11 is 9.64. The smallest absolute Gasteiger partial charge is 0.264 e. The summed E-state index contributed by atoms with van der Waals surface area (Å²) in [5, 5.41) is 4.51. The molecule has 0 bridgehead atoms. The molecule has 11 heteroatoms. The number of nitrogens with zero attached hydrogens (tertiary/aromatic N) is 2. The number of methoxy groups -OCH3 is 1. The first-order valence-corrected chi connectivity index (χ1v) is 15.8. The third kappa shape index (κ3) is 8.16. The first-order chi connectivity index (χ1) is 20.5. The van der Waals surface area contributed by atoms with Crippen molar-refractivity contribution in [2.24, 2.45) is 5.10 Å². The zero-order valence-electron chi connectivity index (χ0n) is 24.1. The van der Waals surface area contributed by atoms with E-state index in [1.165, 1.54) is 31.0 Å². The number of carbonyl (C=O) groups is 1. The average molecular weight is 685 g/mol. The van der Waals surface area contributed by atoms with Crippen LogP contribution in [0.1, 0.15) is 27.8 Å². The lowest BCUT2D eigenvalue weighted by Crippen LogP contribution is -2.40. The standard InChI is InChI=1S/C32H31BrClN3O5S/c1-21-5-9-24(10-6-21)20-42-32-28(33)16-25(17-30(32)41-4)18-35-36-31(38)19-37(29-14-11-26(34)15-23(29)3)43(39,40)27-12-7-22(2)8-13-27/h5-18H,19-20H2,1-4H3,(H,36,38)/b35-18-. The zero-order valence-corrected chi connectivity index (χ0v) is 27.3. The van der Waals surface area contributed by atoms with E-state index in [2.05, 4.69) is 26.5 Å². The van der Waals surface area contributed by atoms with E-state index in [4.69, 9.17) is 21.1 Å². The molecule has 0 saturated carbocycles. The summed E-state index contributed by atoms with van der Waals surface area (Å²) < 4.78 is 40.5. The number of aryl methyl sites for hydroxylation is 3. The Hall–Kier alpha value is -3.86. The lowest BCUT2D eigenvalue weighted by molar-refractivity contribution is -0.119. The fraction of sp³-hybridized carbons (Fsp3) is 0.188. The van der Waals surface area contributed by atoms with E-state index < -0.39 is 22.5 Å². The fourth-order valence-electron chi connectivity index (χ4n) is 4.17. The van der Waals surface area contributed by atoms with Gasteiger partial charge in [-0.15, -0.1) is 0 Å². The molecule has 8 nitrogen and oxygen atoms in total. The van der Waals surface area contributed by atoms with E-state index in [0.29, 0.717) is 44.4 Å². The quantitative estimate of drug-likeness (QED) is 0.136. The van der Waals surface area contributed by atoms with E-state index in [1.54, 1.807) is 49.4 Å². The summed E-state index contributed by atoms with van der Waals surface area (Å²) in [6.07, 6.45) is 1.43. The summed E-state index contributed by atoms with van der Waals surface area (Å²) in [4.78, 5) is 13.1. The van der Waals surface area contributed by atoms with Crippen LogP contribution in [0.2, 0.25) is 5.02 Å². The highest BCUT2D eigenvalue weighted by atomic mass is 79.9. The van der Waals surface area contributed by atoms with Crippen LogP contribution < -0.4 is 19.2 Å². The van der Waals surface area contributed by atoms with Crippen LogP contribution in [0.4, 0.5) is 5.69 Å². The Balaban J connectivity index is 1.50. The Labute approximate surface area is 265 Å². The molecule has 43 heavy (non-hydrogen) atoms. The largest absolute Gasteiger partial charge is 0.493 e. The van der Waals surface area contributed by atoms with Crippen LogP contribution in [-0.4, -0.2) is 34.2 Å². The monoisotopic (exact) mass is 683 g/mol. The highest BCUT2D eigenvalue weighted by Crippen LogP contribution is 2.37. The first-order valence-electron chi connectivity index (χ1n) is 13.2. The van der Waals surface area contributed by atoms with E-state index in [1.807, 2.05) is 38.1 Å². The van der Waals surface area contributed by atoms with Crippen molar-refractivity contribution in [3.8, 4) is 11.5 Å². The fourth-order valence-corrected chi connectivity index (χ4v) is 6.46. The van der Waals surface area contributed by atoms with Crippen LogP contribution >= 0.6 is 27.5 Å². The molecule has 0 atom stereocenters. The molecule has 4 rings (SSSR count). The van der Waals surface area contributed by atoms with Gasteiger partial charge in [0.2, 0.25) is 0 Å². The Morgan fingerprint density at radius 3 is 2.26 bits per heavy atom. The number of hydrogen-bond acceptors (Lipinski definition) is 6. The van der Waals surface area contributed by atoms with Crippen molar-refractivity contribution in [3.63, 3.8) is 0 Å². The lowest BCUT2D eigenvalue weighted by atomic mass is 10.2. The summed E-state index contributed by atoms with van der Waals surface area (Å²) in [5.41, 5.74) is 7.07. The van der Waals surface area contributed by atoms with Crippen molar-refractivity contribution in [3.05, 3.63) is 116 Å². The van der Waals surface area contributed by atoms with Gasteiger partial charge in [0.25, 0.3) is 15.9 Å². The molecular weight excluding hydrogens is 654 g/mol. The number of benzene rings is 4. The van der Waals surface area contributed by atoms with Gasteiger partial charge in [-0.3, -0.25) is 9.10 Å². The van der Waals surface area contributed by atoms with Crippen molar-refractivity contribution in [2.45, 2.75) is 32.3 Å². The Morgan fingerprint density at radius 2 is 1.63 bits per heavy atom. The normalized spacial score (nSPS) is 11.4. The molecule has 224 valence electrons. The SMILES string of the molecule is COc1cc(/C=N\NC(=O)CN(c2ccc(Cl)cc2C)S(=O)(=O)c2ccc(C)cc2)cc(Br)c1OCc1ccc(C)cc1. The molecule has 4 aromatic rings. The molecule has 0 aliphatic carbocycles. The van der Waals surface area contributed by atoms with Crippen LogP contribution in [0.25, 0.3) is 0 Å². The number of amides is 1. The average Bonchev–Trinajstić information content (AvgIpc) is 2.96. The highest BCUT2D eigenvalue weighted by molar-refractivity contribution is 9.10. The molecule has 0 aromatic heterocycles. The second kappa shape index (κ2) is 14.1. The van der Waals surface area contributed by atoms with Crippen molar-refractivity contribution in [1.29, 1.82) is 0 Å². The van der Waals surface area contributed by atoms with Crippen LogP contribution in [0.5, 0.6) is 11.5 Å². The van der Waals surface area contributed by atoms with Crippen LogP contribution in [0.3, 0.4) is 0 Å². The molecular formula is C32H31BrClN3O5S. The lowest BCUT2D eigenvalue weighted by Gasteiger charge is -2.25. The third-order valence-corrected chi connectivity index (χ3v) is 9.08. The van der Waals surface area contributed by atoms with Gasteiger partial charge < -0.3 is 9.47 Å². The molecule has 0 saturated heterocycles. The summed E-state index contributed by atoms with van der Waals surface area (Å²) in [5.74, 6) is 0.368. The molecule has 0 unspecified atom stereocenters. The maximum Gasteiger partial charge on any atom is 0.264 e. The van der Waals surface area contributed by atoms with Crippen molar-refractivity contribution < 1.29 is 22.7 Å². The Bertz CT molecular complexity index is 1740. The molecule has 0 fully saturated rings. The van der Waals surface area contributed by atoms with Gasteiger partial charge in [0, 0.05) is 5.02 Å². The first kappa shape index (κ1) is 32.1. The molecule has 1 N–H and O–H groups in total. The molecule has 1 amide bonds. The second-order valence-corrected chi connectivity index (χ2v) is 13.0. The molecule has 0 aliphatic rings. The van der Waals surface area contributed by atoms with E-state index in [-0.39, 0.29) is 4.90 Å². The van der Waals surface area contributed by atoms with Crippen LogP contribution in [-0.2, 0) is 21.4 Å². The van der Waals surface area contributed by atoms with E-state index in [0.717, 1.165) is 15.4 Å². The molecule has 0 spiro atoms. The molecule has 0 radical (unpaired) electrons. The third-order valence-electron chi connectivity index (χ3n) is 6.48. The summed E-state index contributed by atoms with van der Waals surface area (Å²) in [6.45, 7) is 5.47. The predicted molar refractivity (Wildman–Crippen MR) is 174 cm³/mol. The van der Waals surface area contributed by atoms with Crippen molar-refractivity contribution in [1.82, 2.24) is 5.43 Å². The molecule has 4 aromatic carbocycles. The number of nitrogens with one attached hydrogen (secondary N) is 1. The Morgan fingerprint density at radius 1 is 0.977 bits per heavy atom. The predicted octanol–water partition coefficient (Wildman–Crippen LogP) is 6.96. The summed E-state index contributed by atoms with van der Waals surface area (Å²) in [7, 11) is -2.55. The van der Waals surface area contributed by atoms with Gasteiger partial charge in [0.15, 0.2) is 11.5 Å². The van der Waals surface area contributed by atoms with Gasteiger partial charge in [-0.1, -0.05) is 59.1 Å². The number of hydrogen-bond donors (Lipinski definition) is 1. The summed E-state index contributed by atoms with van der Waals surface area (Å²) in [6, 6.07) is 22.8. The minimum Gasteiger partial charge on any atom is -0.493 e. The van der Waals surface area contributed by atoms with Crippen LogP contribution in [0, 0.1) is 20.8 Å². The Kier molecular flexibility index (Phi) is 10.5. The zero-order chi connectivity index (χ0) is 31.1. The number of carbonyl (C=O) groups excluding carboxylic acids is 1. The number of hydrazone groups is 1. The minimum atomic E-state index is -4.08. The maximum atomic E-state index is 13.7. The van der Waals surface area contributed by atoms with Gasteiger partial charge in [0.1, 0.15) is 13.2 Å². The molecule has 0 heterocycles. The van der Waals surface area contributed by atoms with Gasteiger partial charge in [0.05, 0.1) is 28.4 Å². The molecule has 0 aliphatic heterocycles. The van der Waals surface area contributed by atoms with Gasteiger partial charge in [-0.2, -0.15) is 5.10 Å². The second-order valence-electron chi connectivity index (χ2n) is 9.86. The van der Waals surface area contributed by atoms with Crippen molar-refractivity contribution in [2.75, 3.05) is 18.0 Å².